The summed E-state index contributed by atoms with van der Waals surface area (Å²) in [6.07, 6.45) is 1.18. The lowest BCUT2D eigenvalue weighted by molar-refractivity contribution is 0.602. The van der Waals surface area contributed by atoms with Gasteiger partial charge in [0, 0.05) is 16.3 Å². The van der Waals surface area contributed by atoms with E-state index in [4.69, 9.17) is 11.6 Å². The molecule has 2 aromatic carbocycles. The summed E-state index contributed by atoms with van der Waals surface area (Å²) in [5, 5.41) is 0.407. The molecule has 0 radical (unpaired) electrons. The number of hydrogen-bond acceptors (Lipinski definition) is 2. The van der Waals surface area contributed by atoms with E-state index >= 15 is 0 Å². The van der Waals surface area contributed by atoms with E-state index in [2.05, 4.69) is 15.9 Å². The topological polar surface area (TPSA) is 34.1 Å². The highest BCUT2D eigenvalue weighted by Gasteiger charge is 2.19. The first kappa shape index (κ1) is 13.6. The monoisotopic (exact) mass is 344 g/mol. The van der Waals surface area contributed by atoms with Gasteiger partial charge in [0.2, 0.25) is 0 Å². The van der Waals surface area contributed by atoms with E-state index in [0.717, 1.165) is 5.56 Å². The van der Waals surface area contributed by atoms with Gasteiger partial charge in [-0.3, -0.25) is 0 Å². The van der Waals surface area contributed by atoms with E-state index in [-0.39, 0.29) is 4.90 Å². The maximum Gasteiger partial charge on any atom is 0.176 e. The summed E-state index contributed by atoms with van der Waals surface area (Å²) in [6, 6.07) is 12.4. The Labute approximate surface area is 120 Å². The van der Waals surface area contributed by atoms with Gasteiger partial charge in [-0.1, -0.05) is 41.9 Å². The molecule has 18 heavy (non-hydrogen) atoms. The fraction of sp³-hybridized carbons (Fsp3) is 0.0769. The van der Waals surface area contributed by atoms with Gasteiger partial charge in [0.15, 0.2) is 9.84 Å². The Hall–Kier alpha value is -0.840. The standard InChI is InChI=1S/C13H10BrClO2S/c1-18(16,17)11-8-7-10(14)13(15)12(11)9-5-3-2-4-6-9/h2-8H,1H3. The van der Waals surface area contributed by atoms with Crippen LogP contribution in [0.5, 0.6) is 0 Å². The van der Waals surface area contributed by atoms with Crippen LogP contribution in [0.15, 0.2) is 51.8 Å². The number of benzene rings is 2. The normalized spacial score (nSPS) is 11.5. The Morgan fingerprint density at radius 2 is 1.67 bits per heavy atom. The summed E-state index contributed by atoms with van der Waals surface area (Å²) in [6.45, 7) is 0. The minimum absolute atomic E-state index is 0.238. The number of rotatable bonds is 2. The van der Waals surface area contributed by atoms with Crippen LogP contribution in [0.3, 0.4) is 0 Å². The van der Waals surface area contributed by atoms with Crippen molar-refractivity contribution in [2.45, 2.75) is 4.90 Å². The van der Waals surface area contributed by atoms with Gasteiger partial charge >= 0.3 is 0 Å². The van der Waals surface area contributed by atoms with Gasteiger partial charge in [0.05, 0.1) is 9.92 Å². The van der Waals surface area contributed by atoms with E-state index in [1.165, 1.54) is 6.26 Å². The Balaban J connectivity index is 2.84. The van der Waals surface area contributed by atoms with Gasteiger partial charge in [-0.15, -0.1) is 0 Å². The first-order valence-corrected chi connectivity index (χ1v) is 8.21. The molecule has 2 rings (SSSR count). The third-order valence-corrected chi connectivity index (χ3v) is 4.94. The maximum absolute atomic E-state index is 11.8. The number of sulfone groups is 1. The molecule has 0 aromatic heterocycles. The highest BCUT2D eigenvalue weighted by molar-refractivity contribution is 9.10. The average molecular weight is 346 g/mol. The molecule has 5 heteroatoms. The van der Waals surface area contributed by atoms with Crippen molar-refractivity contribution in [2.24, 2.45) is 0 Å². The van der Waals surface area contributed by atoms with Crippen molar-refractivity contribution in [3.05, 3.63) is 52.0 Å². The van der Waals surface area contributed by atoms with E-state index in [1.807, 2.05) is 30.3 Å². The van der Waals surface area contributed by atoms with Gasteiger partial charge in [-0.2, -0.15) is 0 Å². The molecule has 2 aromatic rings. The van der Waals surface area contributed by atoms with Crippen molar-refractivity contribution >= 4 is 37.4 Å². The molecule has 0 unspecified atom stereocenters. The Morgan fingerprint density at radius 3 is 2.22 bits per heavy atom. The molecular formula is C13H10BrClO2S. The largest absolute Gasteiger partial charge is 0.224 e. The number of hydrogen-bond donors (Lipinski definition) is 0. The van der Waals surface area contributed by atoms with E-state index < -0.39 is 9.84 Å². The molecule has 0 aliphatic rings. The first-order valence-electron chi connectivity index (χ1n) is 5.15. The number of halogens is 2. The van der Waals surface area contributed by atoms with E-state index in [0.29, 0.717) is 15.1 Å². The average Bonchev–Trinajstić information content (AvgIpc) is 2.32. The lowest BCUT2D eigenvalue weighted by Gasteiger charge is -2.11. The summed E-state index contributed by atoms with van der Waals surface area (Å²) >= 11 is 9.55. The fourth-order valence-electron chi connectivity index (χ4n) is 1.72. The van der Waals surface area contributed by atoms with Crippen LogP contribution in [0.25, 0.3) is 11.1 Å². The van der Waals surface area contributed by atoms with E-state index in [1.54, 1.807) is 12.1 Å². The predicted molar refractivity (Wildman–Crippen MR) is 77.7 cm³/mol. The second kappa shape index (κ2) is 5.03. The summed E-state index contributed by atoms with van der Waals surface area (Å²) < 4.78 is 24.3. The molecule has 0 bridgehead atoms. The summed E-state index contributed by atoms with van der Waals surface area (Å²) in [5.41, 5.74) is 1.32. The molecule has 0 saturated heterocycles. The van der Waals surface area contributed by atoms with Crippen LogP contribution < -0.4 is 0 Å². The van der Waals surface area contributed by atoms with Crippen molar-refractivity contribution in [1.29, 1.82) is 0 Å². The third kappa shape index (κ3) is 2.60. The van der Waals surface area contributed by atoms with Crippen LogP contribution in [-0.4, -0.2) is 14.7 Å². The van der Waals surface area contributed by atoms with Gasteiger partial charge < -0.3 is 0 Å². The molecule has 0 amide bonds. The van der Waals surface area contributed by atoms with Gasteiger partial charge in [0.25, 0.3) is 0 Å². The maximum atomic E-state index is 11.8. The molecular weight excluding hydrogens is 336 g/mol. The Kier molecular flexibility index (Phi) is 3.80. The van der Waals surface area contributed by atoms with Gasteiger partial charge in [0.1, 0.15) is 0 Å². The minimum atomic E-state index is -3.33. The zero-order chi connectivity index (χ0) is 13.3. The van der Waals surface area contributed by atoms with Crippen LogP contribution in [0, 0.1) is 0 Å². The van der Waals surface area contributed by atoms with Crippen molar-refractivity contribution < 1.29 is 8.42 Å². The second-order valence-electron chi connectivity index (χ2n) is 3.87. The highest BCUT2D eigenvalue weighted by Crippen LogP contribution is 2.38. The smallest absolute Gasteiger partial charge is 0.176 e. The molecule has 0 aliphatic heterocycles. The Morgan fingerprint density at radius 1 is 1.06 bits per heavy atom. The van der Waals surface area contributed by atoms with Crippen LogP contribution in [-0.2, 0) is 9.84 Å². The van der Waals surface area contributed by atoms with Crippen molar-refractivity contribution in [3.8, 4) is 11.1 Å². The first-order chi connectivity index (χ1) is 8.41. The lowest BCUT2D eigenvalue weighted by atomic mass is 10.1. The van der Waals surface area contributed by atoms with Crippen LogP contribution in [0.1, 0.15) is 0 Å². The van der Waals surface area contributed by atoms with Crippen molar-refractivity contribution in [3.63, 3.8) is 0 Å². The van der Waals surface area contributed by atoms with Crippen LogP contribution in [0.4, 0.5) is 0 Å². The SMILES string of the molecule is CS(=O)(=O)c1ccc(Br)c(Cl)c1-c1ccccc1. The molecule has 94 valence electrons. The van der Waals surface area contributed by atoms with Crippen molar-refractivity contribution in [2.75, 3.05) is 6.26 Å². The summed E-state index contributed by atoms with van der Waals surface area (Å²) in [7, 11) is -3.33. The van der Waals surface area contributed by atoms with Crippen LogP contribution in [0.2, 0.25) is 5.02 Å². The minimum Gasteiger partial charge on any atom is -0.224 e. The van der Waals surface area contributed by atoms with E-state index in [9.17, 15) is 8.42 Å². The van der Waals surface area contributed by atoms with Crippen LogP contribution >= 0.6 is 27.5 Å². The summed E-state index contributed by atoms with van der Waals surface area (Å²) in [4.78, 5) is 0.238. The molecule has 0 heterocycles. The van der Waals surface area contributed by atoms with Crippen molar-refractivity contribution in [1.82, 2.24) is 0 Å². The third-order valence-electron chi connectivity index (χ3n) is 2.52. The fourth-order valence-corrected chi connectivity index (χ4v) is 3.28. The zero-order valence-corrected chi connectivity index (χ0v) is 12.7. The molecule has 0 atom stereocenters. The zero-order valence-electron chi connectivity index (χ0n) is 9.52. The molecule has 0 aliphatic carbocycles. The second-order valence-corrected chi connectivity index (χ2v) is 7.09. The van der Waals surface area contributed by atoms with Gasteiger partial charge in [-0.05, 0) is 33.6 Å². The van der Waals surface area contributed by atoms with Gasteiger partial charge in [-0.25, -0.2) is 8.42 Å². The molecule has 0 fully saturated rings. The molecule has 2 nitrogen and oxygen atoms in total. The molecule has 0 saturated carbocycles. The molecule has 0 N–H and O–H groups in total. The quantitative estimate of drug-likeness (QED) is 0.818. The summed E-state index contributed by atoms with van der Waals surface area (Å²) in [5.74, 6) is 0. The predicted octanol–water partition coefficient (Wildman–Crippen LogP) is 4.17. The highest BCUT2D eigenvalue weighted by atomic mass is 79.9. The lowest BCUT2D eigenvalue weighted by Crippen LogP contribution is -2.00. The Bertz CT molecular complexity index is 682. The molecule has 0 spiro atoms.